The highest BCUT2D eigenvalue weighted by atomic mass is 35.5. The number of ketones is 1. The van der Waals surface area contributed by atoms with Crippen LogP contribution in [0, 0.1) is 0 Å². The summed E-state index contributed by atoms with van der Waals surface area (Å²) in [5.74, 6) is -0.490. The molecule has 0 fully saturated rings. The van der Waals surface area contributed by atoms with Crippen molar-refractivity contribution < 1.29 is 14.3 Å². The summed E-state index contributed by atoms with van der Waals surface area (Å²) in [7, 11) is 0. The molecule has 0 radical (unpaired) electrons. The number of Topliss-reactive ketones (excluding diaryl/α,β-unsaturated/α-hetero) is 1. The summed E-state index contributed by atoms with van der Waals surface area (Å²) >= 11 is 9.67. The first-order chi connectivity index (χ1) is 8.08. The maximum Gasteiger partial charge on any atom is 0.338 e. The second-order valence-corrected chi connectivity index (χ2v) is 4.16. The van der Waals surface area contributed by atoms with Crippen molar-refractivity contribution in [1.29, 1.82) is 0 Å². The van der Waals surface area contributed by atoms with Crippen molar-refractivity contribution >= 4 is 36.0 Å². The van der Waals surface area contributed by atoms with E-state index in [2.05, 4.69) is 12.6 Å². The van der Waals surface area contributed by atoms with Crippen molar-refractivity contribution in [2.45, 2.75) is 18.2 Å². The molecule has 0 aliphatic carbocycles. The highest BCUT2D eigenvalue weighted by Gasteiger charge is 2.10. The Morgan fingerprint density at radius 2 is 2.12 bits per heavy atom. The van der Waals surface area contributed by atoms with Crippen molar-refractivity contribution in [2.24, 2.45) is 0 Å². The van der Waals surface area contributed by atoms with E-state index in [1.54, 1.807) is 25.1 Å². The molecule has 5 heteroatoms. The molecule has 3 nitrogen and oxygen atoms in total. The van der Waals surface area contributed by atoms with Crippen LogP contribution >= 0.6 is 24.2 Å². The van der Waals surface area contributed by atoms with Crippen LogP contribution in [0.4, 0.5) is 0 Å². The van der Waals surface area contributed by atoms with Crippen molar-refractivity contribution in [2.75, 3.05) is 12.5 Å². The van der Waals surface area contributed by atoms with Crippen LogP contribution in [-0.2, 0) is 16.0 Å². The summed E-state index contributed by atoms with van der Waals surface area (Å²) in [5.41, 5.74) is 1.19. The molecular weight excluding hydrogens is 260 g/mol. The number of hydrogen-bond donors (Lipinski definition) is 1. The molecule has 0 saturated carbocycles. The number of hydrogen-bond acceptors (Lipinski definition) is 4. The van der Waals surface area contributed by atoms with Crippen molar-refractivity contribution in [3.05, 3.63) is 29.3 Å². The van der Waals surface area contributed by atoms with E-state index in [-0.39, 0.29) is 18.1 Å². The van der Waals surface area contributed by atoms with E-state index in [0.717, 1.165) is 5.56 Å². The molecule has 0 N–H and O–H groups in total. The fourth-order valence-electron chi connectivity index (χ4n) is 1.31. The Hall–Kier alpha value is -1.00. The molecule has 0 aliphatic rings. The molecule has 0 saturated heterocycles. The van der Waals surface area contributed by atoms with Crippen LogP contribution < -0.4 is 0 Å². The third-order valence-electron chi connectivity index (χ3n) is 2.13. The zero-order valence-electron chi connectivity index (χ0n) is 9.40. The molecule has 0 amide bonds. The lowest BCUT2D eigenvalue weighted by molar-refractivity contribution is -0.116. The summed E-state index contributed by atoms with van der Waals surface area (Å²) < 4.78 is 4.86. The summed E-state index contributed by atoms with van der Waals surface area (Å²) in [6.07, 6.45) is 0.228. The maximum absolute atomic E-state index is 11.4. The van der Waals surface area contributed by atoms with Crippen LogP contribution in [0.5, 0.6) is 0 Å². The van der Waals surface area contributed by atoms with Gasteiger partial charge in [0.2, 0.25) is 0 Å². The van der Waals surface area contributed by atoms with Crippen molar-refractivity contribution in [3.63, 3.8) is 0 Å². The molecule has 0 bridgehead atoms. The van der Waals surface area contributed by atoms with Gasteiger partial charge in [-0.25, -0.2) is 4.79 Å². The molecule has 1 aromatic carbocycles. The molecule has 17 heavy (non-hydrogen) atoms. The molecule has 92 valence electrons. The molecular formula is C12H13ClO3S. The van der Waals surface area contributed by atoms with E-state index in [1.807, 2.05) is 0 Å². The molecule has 0 atom stereocenters. The predicted octanol–water partition coefficient (Wildman–Crippen LogP) is 2.50. The minimum absolute atomic E-state index is 0.0210. The lowest BCUT2D eigenvalue weighted by Gasteiger charge is -2.06. The van der Waals surface area contributed by atoms with Crippen molar-refractivity contribution in [3.8, 4) is 0 Å². The summed E-state index contributed by atoms with van der Waals surface area (Å²) in [4.78, 5) is 23.2. The molecule has 0 spiro atoms. The van der Waals surface area contributed by atoms with Gasteiger partial charge in [0, 0.05) is 11.3 Å². The molecule has 0 aliphatic heterocycles. The van der Waals surface area contributed by atoms with Crippen LogP contribution in [0.2, 0.25) is 0 Å². The number of rotatable bonds is 5. The Morgan fingerprint density at radius 3 is 2.65 bits per heavy atom. The first-order valence-corrected chi connectivity index (χ1v) is 6.13. The van der Waals surface area contributed by atoms with Gasteiger partial charge in [-0.05, 0) is 24.6 Å². The van der Waals surface area contributed by atoms with E-state index in [0.29, 0.717) is 17.1 Å². The Labute approximate surface area is 111 Å². The third-order valence-corrected chi connectivity index (χ3v) is 2.85. The van der Waals surface area contributed by atoms with E-state index in [4.69, 9.17) is 16.3 Å². The van der Waals surface area contributed by atoms with Crippen molar-refractivity contribution in [1.82, 2.24) is 0 Å². The zero-order chi connectivity index (χ0) is 12.8. The first-order valence-electron chi connectivity index (χ1n) is 5.15. The van der Waals surface area contributed by atoms with Crippen LogP contribution in [0.1, 0.15) is 22.8 Å². The molecule has 1 aromatic rings. The number of esters is 1. The largest absolute Gasteiger partial charge is 0.462 e. The maximum atomic E-state index is 11.4. The van der Waals surface area contributed by atoms with E-state index >= 15 is 0 Å². The third kappa shape index (κ3) is 4.06. The van der Waals surface area contributed by atoms with Gasteiger partial charge < -0.3 is 4.74 Å². The molecule has 0 aromatic heterocycles. The summed E-state index contributed by atoms with van der Waals surface area (Å²) in [6, 6.07) is 4.91. The number of carbonyl (C=O) groups is 2. The fraction of sp³-hybridized carbons (Fsp3) is 0.333. The first kappa shape index (κ1) is 14.1. The van der Waals surface area contributed by atoms with Gasteiger partial charge in [0.05, 0.1) is 18.1 Å². The quantitative estimate of drug-likeness (QED) is 0.509. The second kappa shape index (κ2) is 6.67. The highest BCUT2D eigenvalue weighted by Crippen LogP contribution is 2.18. The number of alkyl halides is 1. The fourth-order valence-corrected chi connectivity index (χ4v) is 1.70. The average molecular weight is 273 g/mol. The highest BCUT2D eigenvalue weighted by molar-refractivity contribution is 7.80. The van der Waals surface area contributed by atoms with E-state index in [1.165, 1.54) is 0 Å². The number of carbonyl (C=O) groups excluding carboxylic acids is 2. The Morgan fingerprint density at radius 1 is 1.41 bits per heavy atom. The van der Waals surface area contributed by atoms with Gasteiger partial charge in [-0.15, -0.1) is 24.2 Å². The minimum Gasteiger partial charge on any atom is -0.462 e. The van der Waals surface area contributed by atoms with Gasteiger partial charge in [-0.2, -0.15) is 0 Å². The van der Waals surface area contributed by atoms with Gasteiger partial charge in [0.15, 0.2) is 5.78 Å². The average Bonchev–Trinajstić information content (AvgIpc) is 2.31. The SMILES string of the molecule is CCOC(=O)c1ccc(CC(=O)CCl)c(S)c1. The Kier molecular flexibility index (Phi) is 5.51. The zero-order valence-corrected chi connectivity index (χ0v) is 11.1. The lowest BCUT2D eigenvalue weighted by atomic mass is 10.1. The minimum atomic E-state index is -0.391. The Balaban J connectivity index is 2.86. The number of halogens is 1. The molecule has 1 rings (SSSR count). The number of benzene rings is 1. The van der Waals surface area contributed by atoms with E-state index < -0.39 is 5.97 Å². The predicted molar refractivity (Wildman–Crippen MR) is 69.1 cm³/mol. The van der Waals surface area contributed by atoms with Crippen LogP contribution in [0.15, 0.2) is 23.1 Å². The topological polar surface area (TPSA) is 43.4 Å². The van der Waals surface area contributed by atoms with E-state index in [9.17, 15) is 9.59 Å². The monoisotopic (exact) mass is 272 g/mol. The summed E-state index contributed by atoms with van der Waals surface area (Å²) in [5, 5.41) is 0. The van der Waals surface area contributed by atoms with Crippen LogP contribution in [0.25, 0.3) is 0 Å². The number of ether oxygens (including phenoxy) is 1. The van der Waals surface area contributed by atoms with Gasteiger partial charge >= 0.3 is 5.97 Å². The van der Waals surface area contributed by atoms with Crippen LogP contribution in [0.3, 0.4) is 0 Å². The normalized spacial score (nSPS) is 10.1. The molecule has 0 heterocycles. The van der Waals surface area contributed by atoms with Gasteiger partial charge in [0.25, 0.3) is 0 Å². The molecule has 0 unspecified atom stereocenters. The van der Waals surface area contributed by atoms with Gasteiger partial charge in [-0.3, -0.25) is 4.79 Å². The standard InChI is InChI=1S/C12H13ClO3S/c1-2-16-12(15)9-4-3-8(11(17)6-9)5-10(14)7-13/h3-4,6,17H,2,5,7H2,1H3. The van der Waals surface area contributed by atoms with Gasteiger partial charge in [0.1, 0.15) is 0 Å². The summed E-state index contributed by atoms with van der Waals surface area (Å²) in [6.45, 7) is 2.07. The lowest BCUT2D eigenvalue weighted by Crippen LogP contribution is -2.07. The van der Waals surface area contributed by atoms with Crippen LogP contribution in [-0.4, -0.2) is 24.2 Å². The Bertz CT molecular complexity index is 432. The second-order valence-electron chi connectivity index (χ2n) is 3.41. The van der Waals surface area contributed by atoms with Gasteiger partial charge in [-0.1, -0.05) is 6.07 Å². The number of thiol groups is 1. The smallest absolute Gasteiger partial charge is 0.338 e.